The first kappa shape index (κ1) is 23.8. The summed E-state index contributed by atoms with van der Waals surface area (Å²) < 4.78 is 40.7. The molecule has 4 rings (SSSR count). The lowest BCUT2D eigenvalue weighted by Gasteiger charge is -2.19. The van der Waals surface area contributed by atoms with E-state index in [4.69, 9.17) is 25.4 Å². The number of carbonyl (C=O) groups is 1. The number of nitrogens with one attached hydrogen (secondary N) is 1. The Bertz CT molecular complexity index is 1220. The Labute approximate surface area is 191 Å². The number of halogens is 3. The molecule has 0 saturated carbocycles. The number of aromatic nitrogens is 2. The number of benzene rings is 2. The van der Waals surface area contributed by atoms with Crippen LogP contribution in [0.1, 0.15) is 20.8 Å². The van der Waals surface area contributed by atoms with Gasteiger partial charge in [-0.3, -0.25) is 0 Å². The fraction of sp³-hybridized carbons (Fsp3) is 0.286. The molecule has 0 saturated heterocycles. The van der Waals surface area contributed by atoms with E-state index >= 15 is 0 Å². The molecule has 32 heavy (non-hydrogen) atoms. The van der Waals surface area contributed by atoms with Gasteiger partial charge in [0.05, 0.1) is 10.8 Å². The Kier molecular flexibility index (Phi) is 7.57. The van der Waals surface area contributed by atoms with E-state index in [9.17, 15) is 13.6 Å². The number of hydrogen-bond acceptors (Lipinski definition) is 7. The highest BCUT2D eigenvalue weighted by atomic mass is 35.5. The molecule has 170 valence electrons. The zero-order chi connectivity index (χ0) is 23.3. The summed E-state index contributed by atoms with van der Waals surface area (Å²) in [6, 6.07) is 8.32. The van der Waals surface area contributed by atoms with E-state index in [1.54, 1.807) is 26.8 Å². The molecule has 0 aliphatic rings. The molecule has 1 amide bonds. The Morgan fingerprint density at radius 2 is 1.66 bits per heavy atom. The van der Waals surface area contributed by atoms with Crippen LogP contribution in [0.25, 0.3) is 21.9 Å². The fourth-order valence-electron chi connectivity index (χ4n) is 2.49. The molecular weight excluding hydrogens is 464 g/mol. The van der Waals surface area contributed by atoms with E-state index in [2.05, 4.69) is 15.6 Å². The number of carbonyl (C=O) groups excluding carboxylic acids is 1. The lowest BCUT2D eigenvalue weighted by atomic mass is 10.2. The first-order chi connectivity index (χ1) is 15.1. The lowest BCUT2D eigenvalue weighted by Crippen LogP contribution is -2.33. The first-order valence-corrected chi connectivity index (χ1v) is 10.8. The second-order valence-electron chi connectivity index (χ2n) is 7.52. The van der Waals surface area contributed by atoms with Gasteiger partial charge in [-0.2, -0.15) is 0 Å². The molecule has 0 aliphatic heterocycles. The Balaban J connectivity index is 0.000000219. The van der Waals surface area contributed by atoms with Gasteiger partial charge in [0.25, 0.3) is 0 Å². The van der Waals surface area contributed by atoms with Gasteiger partial charge in [-0.15, -0.1) is 11.8 Å². The second-order valence-corrected chi connectivity index (χ2v) is 8.96. The molecule has 2 aromatic heterocycles. The number of amides is 1. The van der Waals surface area contributed by atoms with Crippen LogP contribution < -0.4 is 5.32 Å². The van der Waals surface area contributed by atoms with E-state index in [-0.39, 0.29) is 16.8 Å². The highest BCUT2D eigenvalue weighted by Crippen LogP contribution is 2.27. The molecule has 7 nitrogen and oxygen atoms in total. The summed E-state index contributed by atoms with van der Waals surface area (Å²) in [6.45, 7) is 5.83. The van der Waals surface area contributed by atoms with E-state index in [0.717, 1.165) is 0 Å². The summed E-state index contributed by atoms with van der Waals surface area (Å²) in [7, 11) is 0. The number of fused-ring (bicyclic) bond motifs is 2. The van der Waals surface area contributed by atoms with Crippen molar-refractivity contribution < 1.29 is 27.4 Å². The van der Waals surface area contributed by atoms with Crippen LogP contribution in [0.3, 0.4) is 0 Å². The van der Waals surface area contributed by atoms with E-state index < -0.39 is 11.7 Å². The third-order valence-electron chi connectivity index (χ3n) is 3.80. The van der Waals surface area contributed by atoms with Crippen LogP contribution in [-0.4, -0.2) is 34.3 Å². The average molecular weight is 484 g/mol. The number of alkyl carbamates (subject to hydrolysis) is 1. The van der Waals surface area contributed by atoms with E-state index in [0.29, 0.717) is 39.3 Å². The van der Waals surface area contributed by atoms with Gasteiger partial charge in [0.2, 0.25) is 0 Å². The minimum atomic E-state index is -0.517. The molecule has 0 fully saturated rings. The highest BCUT2D eigenvalue weighted by molar-refractivity contribution is 7.99. The third kappa shape index (κ3) is 6.57. The normalized spacial score (nSPS) is 11.3. The SMILES string of the molecule is CC(C)(C)OC(=O)NCCSc1noc2ccc(F)cc12.Fc1ccc2onc(Cl)c2c1. The highest BCUT2D eigenvalue weighted by Gasteiger charge is 2.16. The van der Waals surface area contributed by atoms with Crippen molar-refractivity contribution in [3.8, 4) is 0 Å². The molecule has 0 spiro atoms. The quantitative estimate of drug-likeness (QED) is 0.273. The van der Waals surface area contributed by atoms with E-state index in [1.807, 2.05) is 0 Å². The van der Waals surface area contributed by atoms with Gasteiger partial charge >= 0.3 is 6.09 Å². The average Bonchev–Trinajstić information content (AvgIpc) is 3.28. The number of ether oxygens (including phenoxy) is 1. The molecule has 0 unspecified atom stereocenters. The monoisotopic (exact) mass is 483 g/mol. The summed E-state index contributed by atoms with van der Waals surface area (Å²) in [5.41, 5.74) is 0.521. The fourth-order valence-corrected chi connectivity index (χ4v) is 3.47. The van der Waals surface area contributed by atoms with Crippen LogP contribution in [0.5, 0.6) is 0 Å². The van der Waals surface area contributed by atoms with E-state index in [1.165, 1.54) is 42.1 Å². The van der Waals surface area contributed by atoms with Crippen LogP contribution in [0, 0.1) is 11.6 Å². The molecule has 1 N–H and O–H groups in total. The zero-order valence-corrected chi connectivity index (χ0v) is 19.0. The number of rotatable bonds is 4. The number of thioether (sulfide) groups is 1. The van der Waals surface area contributed by atoms with Gasteiger partial charge in [0, 0.05) is 12.3 Å². The van der Waals surface area contributed by atoms with Gasteiger partial charge in [-0.25, -0.2) is 13.6 Å². The Hall–Kier alpha value is -2.85. The van der Waals surface area contributed by atoms with Gasteiger partial charge in [0.15, 0.2) is 16.3 Å². The predicted octanol–water partition coefficient (Wildman–Crippen LogP) is 6.20. The topological polar surface area (TPSA) is 90.4 Å². The maximum Gasteiger partial charge on any atom is 0.407 e. The van der Waals surface area contributed by atoms with Crippen LogP contribution >= 0.6 is 23.4 Å². The molecule has 2 heterocycles. The van der Waals surface area contributed by atoms with Crippen molar-refractivity contribution in [1.29, 1.82) is 0 Å². The number of hydrogen-bond donors (Lipinski definition) is 1. The largest absolute Gasteiger partial charge is 0.444 e. The molecule has 0 bridgehead atoms. The molecule has 4 aromatic rings. The van der Waals surface area contributed by atoms with Crippen molar-refractivity contribution in [2.75, 3.05) is 12.3 Å². The molecule has 2 aromatic carbocycles. The zero-order valence-electron chi connectivity index (χ0n) is 17.4. The summed E-state index contributed by atoms with van der Waals surface area (Å²) in [6.07, 6.45) is -0.459. The summed E-state index contributed by atoms with van der Waals surface area (Å²) >= 11 is 6.96. The van der Waals surface area contributed by atoms with Crippen LogP contribution in [-0.2, 0) is 4.74 Å². The Morgan fingerprint density at radius 3 is 2.31 bits per heavy atom. The molecule has 11 heteroatoms. The first-order valence-electron chi connectivity index (χ1n) is 9.47. The van der Waals surface area contributed by atoms with Crippen LogP contribution in [0.2, 0.25) is 5.15 Å². The van der Waals surface area contributed by atoms with Crippen molar-refractivity contribution in [1.82, 2.24) is 15.6 Å². The predicted molar refractivity (Wildman–Crippen MR) is 118 cm³/mol. The van der Waals surface area contributed by atoms with Crippen LogP contribution in [0.15, 0.2) is 50.5 Å². The Morgan fingerprint density at radius 1 is 1.06 bits per heavy atom. The van der Waals surface area contributed by atoms with Crippen molar-refractivity contribution >= 4 is 51.4 Å². The van der Waals surface area contributed by atoms with Crippen molar-refractivity contribution in [2.45, 2.75) is 31.4 Å². The van der Waals surface area contributed by atoms with Crippen molar-refractivity contribution in [3.63, 3.8) is 0 Å². The number of nitrogens with zero attached hydrogens (tertiary/aromatic N) is 2. The van der Waals surface area contributed by atoms with Crippen LogP contribution in [0.4, 0.5) is 13.6 Å². The van der Waals surface area contributed by atoms with Gasteiger partial charge in [-0.1, -0.05) is 21.9 Å². The minimum absolute atomic E-state index is 0.194. The minimum Gasteiger partial charge on any atom is -0.444 e. The lowest BCUT2D eigenvalue weighted by molar-refractivity contribution is 0.0531. The maximum atomic E-state index is 13.2. The van der Waals surface area contributed by atoms with Gasteiger partial charge < -0.3 is 19.1 Å². The van der Waals surface area contributed by atoms with Crippen molar-refractivity contribution in [3.05, 3.63) is 53.2 Å². The van der Waals surface area contributed by atoms with Crippen molar-refractivity contribution in [2.24, 2.45) is 0 Å². The summed E-state index contributed by atoms with van der Waals surface area (Å²) in [5, 5.41) is 11.9. The summed E-state index contributed by atoms with van der Waals surface area (Å²) in [4.78, 5) is 11.5. The standard InChI is InChI=1S/C14H17FN2O3S.C7H3ClFNO/c1-14(2,3)19-13(18)16-6-7-21-12-10-8-9(15)4-5-11(10)20-17-12;8-7-5-3-4(9)1-2-6(5)11-10-7/h4-5,8H,6-7H2,1-3H3,(H,16,18);1-3H. The molecule has 0 radical (unpaired) electrons. The molecular formula is C21H20ClF2N3O4S. The van der Waals surface area contributed by atoms with Gasteiger partial charge in [-0.05, 0) is 57.2 Å². The maximum absolute atomic E-state index is 13.2. The second kappa shape index (κ2) is 10.2. The van der Waals surface area contributed by atoms with Gasteiger partial charge in [0.1, 0.15) is 22.3 Å². The third-order valence-corrected chi connectivity index (χ3v) is 5.04. The molecule has 0 atom stereocenters. The summed E-state index contributed by atoms with van der Waals surface area (Å²) in [5.74, 6) is -0.0979. The molecule has 0 aliphatic carbocycles. The smallest absolute Gasteiger partial charge is 0.407 e.